The lowest BCUT2D eigenvalue weighted by atomic mass is 10.0. The van der Waals surface area contributed by atoms with Gasteiger partial charge in [-0.25, -0.2) is 0 Å². The summed E-state index contributed by atoms with van der Waals surface area (Å²) >= 11 is 0. The molecule has 0 aliphatic carbocycles. The van der Waals surface area contributed by atoms with Gasteiger partial charge in [-0.2, -0.15) is 0 Å². The van der Waals surface area contributed by atoms with Crippen LogP contribution in [0.25, 0.3) is 11.0 Å². The van der Waals surface area contributed by atoms with Crippen molar-refractivity contribution in [2.24, 2.45) is 0 Å². The Morgan fingerprint density at radius 2 is 1.54 bits per heavy atom. The number of furan rings is 1. The molecule has 7 heteroatoms. The van der Waals surface area contributed by atoms with Crippen LogP contribution in [0.4, 0.5) is 5.88 Å². The maximum atomic E-state index is 13.2. The Labute approximate surface area is 150 Å². The standard InChI is InChI=1S/C19H19NO6/c1-22-11-6-5-7-12-15(11)16(19(20)26-12)17(21)10-8-13(23-2)18(25-4)14(9-10)24-3/h5-9H,20H2,1-4H3. The molecular weight excluding hydrogens is 338 g/mol. The van der Waals surface area contributed by atoms with Crippen molar-refractivity contribution in [2.75, 3.05) is 34.2 Å². The van der Waals surface area contributed by atoms with Crippen molar-refractivity contribution in [1.82, 2.24) is 0 Å². The molecule has 3 aromatic rings. The number of carbonyl (C=O) groups excluding carboxylic acids is 1. The Bertz CT molecular complexity index is 951. The van der Waals surface area contributed by atoms with Crippen LogP contribution in [0, 0.1) is 0 Å². The molecule has 26 heavy (non-hydrogen) atoms. The van der Waals surface area contributed by atoms with Crippen LogP contribution >= 0.6 is 0 Å². The Hall–Kier alpha value is -3.35. The number of carbonyl (C=O) groups is 1. The molecule has 136 valence electrons. The molecule has 1 aromatic heterocycles. The SMILES string of the molecule is COc1cc(C(=O)c2c(N)oc3cccc(OC)c23)cc(OC)c1OC. The zero-order valence-corrected chi connectivity index (χ0v) is 14.9. The van der Waals surface area contributed by atoms with E-state index >= 15 is 0 Å². The first kappa shape index (κ1) is 17.5. The van der Waals surface area contributed by atoms with Crippen LogP contribution in [0.5, 0.6) is 23.0 Å². The highest BCUT2D eigenvalue weighted by Gasteiger charge is 2.25. The second-order valence-corrected chi connectivity index (χ2v) is 5.42. The van der Waals surface area contributed by atoms with E-state index in [-0.39, 0.29) is 17.2 Å². The van der Waals surface area contributed by atoms with Gasteiger partial charge in [-0.05, 0) is 24.3 Å². The molecule has 1 heterocycles. The molecule has 0 saturated heterocycles. The summed E-state index contributed by atoms with van der Waals surface area (Å²) in [4.78, 5) is 13.2. The summed E-state index contributed by atoms with van der Waals surface area (Å²) in [5.74, 6) is 1.31. The van der Waals surface area contributed by atoms with E-state index in [0.717, 1.165) is 0 Å². The van der Waals surface area contributed by atoms with E-state index in [1.807, 2.05) is 0 Å². The fourth-order valence-corrected chi connectivity index (χ4v) is 2.89. The highest BCUT2D eigenvalue weighted by Crippen LogP contribution is 2.41. The molecule has 0 saturated carbocycles. The monoisotopic (exact) mass is 357 g/mol. The number of ether oxygens (including phenoxy) is 4. The van der Waals surface area contributed by atoms with Crippen molar-refractivity contribution in [1.29, 1.82) is 0 Å². The zero-order valence-electron chi connectivity index (χ0n) is 14.9. The molecule has 0 bridgehead atoms. The smallest absolute Gasteiger partial charge is 0.203 e. The maximum absolute atomic E-state index is 13.2. The third-order valence-corrected chi connectivity index (χ3v) is 4.08. The van der Waals surface area contributed by atoms with Gasteiger partial charge in [0, 0.05) is 5.56 Å². The van der Waals surface area contributed by atoms with Crippen LogP contribution in [0.2, 0.25) is 0 Å². The second-order valence-electron chi connectivity index (χ2n) is 5.42. The van der Waals surface area contributed by atoms with Gasteiger partial charge in [-0.3, -0.25) is 4.79 Å². The predicted octanol–water partition coefficient (Wildman–Crippen LogP) is 3.28. The molecule has 0 radical (unpaired) electrons. The van der Waals surface area contributed by atoms with Gasteiger partial charge in [0.15, 0.2) is 17.3 Å². The van der Waals surface area contributed by atoms with Gasteiger partial charge in [0.25, 0.3) is 0 Å². The highest BCUT2D eigenvalue weighted by atomic mass is 16.5. The molecule has 3 rings (SSSR count). The van der Waals surface area contributed by atoms with E-state index in [1.165, 1.54) is 28.4 Å². The Balaban J connectivity index is 2.22. The lowest BCUT2D eigenvalue weighted by Gasteiger charge is -2.13. The highest BCUT2D eigenvalue weighted by molar-refractivity contribution is 6.20. The van der Waals surface area contributed by atoms with E-state index in [4.69, 9.17) is 29.1 Å². The summed E-state index contributed by atoms with van der Waals surface area (Å²) in [5.41, 5.74) is 7.00. The molecule has 0 fully saturated rings. The quantitative estimate of drug-likeness (QED) is 0.677. The number of benzene rings is 2. The Morgan fingerprint density at radius 3 is 2.08 bits per heavy atom. The van der Waals surface area contributed by atoms with Gasteiger partial charge in [-0.15, -0.1) is 0 Å². The lowest BCUT2D eigenvalue weighted by Crippen LogP contribution is -2.06. The van der Waals surface area contributed by atoms with Crippen LogP contribution < -0.4 is 24.7 Å². The van der Waals surface area contributed by atoms with Gasteiger partial charge in [-0.1, -0.05) is 6.07 Å². The number of nitrogens with two attached hydrogens (primary N) is 1. The van der Waals surface area contributed by atoms with Crippen LogP contribution in [0.1, 0.15) is 15.9 Å². The van der Waals surface area contributed by atoms with E-state index in [1.54, 1.807) is 30.3 Å². The fraction of sp³-hybridized carbons (Fsp3) is 0.211. The Kier molecular flexibility index (Phi) is 4.62. The van der Waals surface area contributed by atoms with E-state index in [0.29, 0.717) is 39.5 Å². The molecule has 0 aliphatic heterocycles. The third-order valence-electron chi connectivity index (χ3n) is 4.08. The van der Waals surface area contributed by atoms with Gasteiger partial charge < -0.3 is 29.1 Å². The van der Waals surface area contributed by atoms with Crippen molar-refractivity contribution in [3.05, 3.63) is 41.5 Å². The number of methoxy groups -OCH3 is 4. The summed E-state index contributed by atoms with van der Waals surface area (Å²) in [6.45, 7) is 0. The third kappa shape index (κ3) is 2.67. The second kappa shape index (κ2) is 6.87. The summed E-state index contributed by atoms with van der Waals surface area (Å²) < 4.78 is 26.8. The largest absolute Gasteiger partial charge is 0.496 e. The van der Waals surface area contributed by atoms with Gasteiger partial charge >= 0.3 is 0 Å². The van der Waals surface area contributed by atoms with Crippen LogP contribution in [-0.4, -0.2) is 34.2 Å². The summed E-state index contributed by atoms with van der Waals surface area (Å²) in [5, 5.41) is 0.520. The van der Waals surface area contributed by atoms with Crippen LogP contribution in [0.15, 0.2) is 34.7 Å². The van der Waals surface area contributed by atoms with Crippen LogP contribution in [0.3, 0.4) is 0 Å². The first-order chi connectivity index (χ1) is 12.5. The van der Waals surface area contributed by atoms with Crippen molar-refractivity contribution < 1.29 is 28.2 Å². The zero-order chi connectivity index (χ0) is 18.8. The average Bonchev–Trinajstić information content (AvgIpc) is 3.01. The minimum Gasteiger partial charge on any atom is -0.496 e. The van der Waals surface area contributed by atoms with E-state index in [2.05, 4.69) is 0 Å². The van der Waals surface area contributed by atoms with Gasteiger partial charge in [0.2, 0.25) is 11.6 Å². The van der Waals surface area contributed by atoms with E-state index in [9.17, 15) is 4.79 Å². The topological polar surface area (TPSA) is 93.2 Å². The fourth-order valence-electron chi connectivity index (χ4n) is 2.89. The van der Waals surface area contributed by atoms with Crippen molar-refractivity contribution in [3.8, 4) is 23.0 Å². The first-order valence-electron chi connectivity index (χ1n) is 7.75. The maximum Gasteiger partial charge on any atom is 0.203 e. The minimum absolute atomic E-state index is 0.0169. The number of ketones is 1. The number of rotatable bonds is 6. The van der Waals surface area contributed by atoms with E-state index < -0.39 is 0 Å². The number of hydrogen-bond donors (Lipinski definition) is 1. The summed E-state index contributed by atoms with van der Waals surface area (Å²) in [6.07, 6.45) is 0. The number of anilines is 1. The molecule has 0 unspecified atom stereocenters. The number of hydrogen-bond acceptors (Lipinski definition) is 7. The molecule has 2 N–H and O–H groups in total. The molecule has 0 amide bonds. The first-order valence-corrected chi connectivity index (χ1v) is 7.75. The lowest BCUT2D eigenvalue weighted by molar-refractivity contribution is 0.103. The van der Waals surface area contributed by atoms with Gasteiger partial charge in [0.05, 0.1) is 39.4 Å². The molecule has 0 spiro atoms. The molecule has 2 aromatic carbocycles. The normalized spacial score (nSPS) is 10.6. The minimum atomic E-state index is -0.343. The molecule has 0 atom stereocenters. The van der Waals surface area contributed by atoms with Crippen molar-refractivity contribution in [3.63, 3.8) is 0 Å². The predicted molar refractivity (Wildman–Crippen MR) is 96.7 cm³/mol. The average molecular weight is 357 g/mol. The molecule has 7 nitrogen and oxygen atoms in total. The number of nitrogen functional groups attached to an aromatic ring is 1. The summed E-state index contributed by atoms with van der Waals surface area (Å²) in [7, 11) is 5.98. The van der Waals surface area contributed by atoms with Crippen LogP contribution in [-0.2, 0) is 0 Å². The Morgan fingerprint density at radius 1 is 0.923 bits per heavy atom. The van der Waals surface area contributed by atoms with Gasteiger partial charge in [0.1, 0.15) is 11.3 Å². The summed E-state index contributed by atoms with van der Waals surface area (Å²) in [6, 6.07) is 8.36. The molecule has 0 aliphatic rings. The molecular formula is C19H19NO6. The number of fused-ring (bicyclic) bond motifs is 1. The van der Waals surface area contributed by atoms with Crippen molar-refractivity contribution in [2.45, 2.75) is 0 Å². The van der Waals surface area contributed by atoms with Crippen molar-refractivity contribution >= 4 is 22.6 Å².